The van der Waals surface area contributed by atoms with Gasteiger partial charge in [-0.25, -0.2) is 74.0 Å². The van der Waals surface area contributed by atoms with Gasteiger partial charge in [0.25, 0.3) is 5.56 Å². The molecule has 36 heteroatoms. The lowest BCUT2D eigenvalue weighted by Crippen LogP contribution is -2.46. The third kappa shape index (κ3) is 18.5. The van der Waals surface area contributed by atoms with Gasteiger partial charge in [0.1, 0.15) is 72.9 Å². The number of morpholine rings is 2. The largest absolute Gasteiger partial charge is 0.465 e. The monoisotopic (exact) mass is 1700 g/mol. The van der Waals surface area contributed by atoms with Crippen LogP contribution in [0.15, 0.2) is 127 Å². The Morgan fingerprint density at radius 3 is 1.45 bits per heavy atom. The van der Waals surface area contributed by atoms with Gasteiger partial charge in [0.15, 0.2) is 0 Å². The van der Waals surface area contributed by atoms with Crippen molar-refractivity contribution in [2.24, 2.45) is 5.73 Å². The molecule has 0 unspecified atom stereocenters. The molecule has 5 N–H and O–H groups in total. The summed E-state index contributed by atoms with van der Waals surface area (Å²) in [6, 6.07) is 24.9. The molecular weight excluding hydrogens is 1630 g/mol. The third-order valence-corrected chi connectivity index (χ3v) is 22.9. The maximum absolute atomic E-state index is 13.7. The van der Waals surface area contributed by atoms with Gasteiger partial charge >= 0.3 is 11.7 Å². The second-order valence-corrected chi connectivity index (χ2v) is 31.0. The Hall–Kier alpha value is -10.0. The second kappa shape index (κ2) is 36.7. The number of esters is 1. The number of rotatable bonds is 9. The van der Waals surface area contributed by atoms with Gasteiger partial charge < -0.3 is 35.6 Å². The predicted octanol–water partition coefficient (Wildman–Crippen LogP) is 14.4. The zero-order valence-corrected chi connectivity index (χ0v) is 67.5. The van der Waals surface area contributed by atoms with E-state index in [1.807, 2.05) is 36.4 Å². The number of halogens is 8. The van der Waals surface area contributed by atoms with E-state index in [-0.39, 0.29) is 27.4 Å². The maximum atomic E-state index is 13.7. The van der Waals surface area contributed by atoms with E-state index in [9.17, 15) is 24.1 Å². The molecule has 20 rings (SSSR count). The molecule has 2 aliphatic heterocycles. The highest BCUT2D eigenvalue weighted by molar-refractivity contribution is 6.34. The van der Waals surface area contributed by atoms with Crippen LogP contribution in [0, 0.1) is 15.9 Å². The van der Waals surface area contributed by atoms with Crippen molar-refractivity contribution in [1.82, 2.24) is 84.6 Å². The Labute approximate surface area is 699 Å². The Balaban J connectivity index is 0.000000114. The molecule has 2 saturated carbocycles. The van der Waals surface area contributed by atoms with Gasteiger partial charge in [-0.3, -0.25) is 29.7 Å². The van der Waals surface area contributed by atoms with E-state index in [1.54, 1.807) is 37.1 Å². The number of nitrogens with two attached hydrogens (primary N) is 1. The first-order chi connectivity index (χ1) is 56.3. The summed E-state index contributed by atoms with van der Waals surface area (Å²) in [7, 11) is 1.31. The Bertz CT molecular complexity index is 5630. The number of methoxy groups -OCH3 is 1. The van der Waals surface area contributed by atoms with Crippen LogP contribution >= 0.6 is 81.2 Å². The molecule has 11 aromatic rings. The van der Waals surface area contributed by atoms with Crippen LogP contribution in [0.2, 0.25) is 36.1 Å². The fraction of sp³-hybridized carbons (Fsp3) is 0.325. The lowest BCUT2D eigenvalue weighted by molar-refractivity contribution is -0.385. The normalized spacial score (nSPS) is 18.2. The first kappa shape index (κ1) is 81.1. The Morgan fingerprint density at radius 1 is 0.526 bits per heavy atom. The summed E-state index contributed by atoms with van der Waals surface area (Å²) < 4.78 is 29.3. The summed E-state index contributed by atoms with van der Waals surface area (Å²) in [5, 5.41) is 19.7. The molecule has 9 aliphatic rings. The van der Waals surface area contributed by atoms with Gasteiger partial charge in [0.05, 0.1) is 130 Å². The minimum Gasteiger partial charge on any atom is -0.465 e. The van der Waals surface area contributed by atoms with Crippen LogP contribution in [-0.4, -0.2) is 179 Å². The van der Waals surface area contributed by atoms with Crippen molar-refractivity contribution in [2.45, 2.75) is 108 Å². The Morgan fingerprint density at radius 2 is 0.957 bits per heavy atom. The number of carbonyl (C=O) groups excluding carboxylic acids is 1. The number of aromatic amines is 1. The highest BCUT2D eigenvalue weighted by Crippen LogP contribution is 2.44. The minimum atomic E-state index is -0.619. The lowest BCUT2D eigenvalue weighted by Gasteiger charge is -2.39. The van der Waals surface area contributed by atoms with Crippen LogP contribution in [-0.2, 0) is 51.1 Å². The summed E-state index contributed by atoms with van der Waals surface area (Å²) in [6.07, 6.45) is 21.9. The van der Waals surface area contributed by atoms with Crippen molar-refractivity contribution < 1.29 is 28.3 Å². The molecule has 13 heterocycles. The van der Waals surface area contributed by atoms with Crippen LogP contribution in [0.1, 0.15) is 108 Å². The van der Waals surface area contributed by atoms with Crippen molar-refractivity contribution in [1.29, 1.82) is 0 Å². The summed E-state index contributed by atoms with van der Waals surface area (Å²) in [6.45, 7) is 7.70. The first-order valence-corrected chi connectivity index (χ1v) is 40.1. The van der Waals surface area contributed by atoms with Crippen molar-refractivity contribution in [3.8, 4) is 56.3 Å². The van der Waals surface area contributed by atoms with Crippen molar-refractivity contribution in [3.63, 3.8) is 0 Å². The number of H-pyrrole nitrogens is 1. The fourth-order valence-corrected chi connectivity index (χ4v) is 17.0. The van der Waals surface area contributed by atoms with Crippen LogP contribution in [0.5, 0.6) is 0 Å². The van der Waals surface area contributed by atoms with Crippen LogP contribution in [0.25, 0.3) is 61.9 Å². The van der Waals surface area contributed by atoms with E-state index < -0.39 is 10.9 Å². The van der Waals surface area contributed by atoms with Gasteiger partial charge in [0.2, 0.25) is 5.15 Å². The molecule has 0 radical (unpaired) electrons. The zero-order chi connectivity index (χ0) is 80.7. The number of nitro groups is 1. The summed E-state index contributed by atoms with van der Waals surface area (Å²) >= 11 is 40.3. The van der Waals surface area contributed by atoms with Crippen molar-refractivity contribution >= 4 is 110 Å². The number of ether oxygens (including phenoxy) is 3. The number of fused-ring (bicyclic) bond motifs is 13. The SMILES string of the molecule is COC(=O)C1=C(N)Cc2ccc(Cl)nc21.Clc1ccc2c(n1)-c1c(Cl)ncnc1C2.Clc1ccc2c(n1)-c1c(ncnc1NC1CCC(N3CCOCC3)CC1)C2.Fc1cncc(-c2ccc3c(n2)-c2c(ncnc2NC2CCC(N4CCOCC4)CC2)C3)c1.O=[N+]([O-])c1ccc(Cl)nc1Cl.O=c1[nH]cnc2c1-c1nc(Cl)ccc1C2. The predicted molar refractivity (Wildman–Crippen MR) is 439 cm³/mol. The van der Waals surface area contributed by atoms with Crippen molar-refractivity contribution in [3.05, 3.63) is 241 Å². The van der Waals surface area contributed by atoms with E-state index in [0.717, 1.165) is 188 Å². The topological polar surface area (TPSA) is 358 Å². The number of anilines is 2. The second-order valence-electron chi connectivity index (χ2n) is 28.4. The summed E-state index contributed by atoms with van der Waals surface area (Å²) in [5.41, 5.74) is 23.7. The van der Waals surface area contributed by atoms with Crippen molar-refractivity contribution in [2.75, 3.05) is 70.3 Å². The van der Waals surface area contributed by atoms with E-state index in [4.69, 9.17) is 101 Å². The molecule has 0 atom stereocenters. The molecule has 116 heavy (non-hydrogen) atoms. The molecule has 28 nitrogen and oxygen atoms in total. The molecule has 2 saturated heterocycles. The minimum absolute atomic E-state index is 0.139. The smallest absolute Gasteiger partial charge is 0.341 e. The summed E-state index contributed by atoms with van der Waals surface area (Å²) in [4.78, 5) is 100. The van der Waals surface area contributed by atoms with Gasteiger partial charge in [-0.05, 0) is 122 Å². The van der Waals surface area contributed by atoms with Gasteiger partial charge in [-0.1, -0.05) is 112 Å². The number of aromatic nitrogens is 15. The molecule has 11 aromatic heterocycles. The van der Waals surface area contributed by atoms with Crippen LogP contribution in [0.4, 0.5) is 21.7 Å². The number of allylic oxidation sites excluding steroid dienone is 1. The van der Waals surface area contributed by atoms with E-state index in [0.29, 0.717) is 102 Å². The lowest BCUT2D eigenvalue weighted by atomic mass is 9.90. The molecule has 0 aromatic carbocycles. The number of pyridine rings is 7. The highest BCUT2D eigenvalue weighted by Gasteiger charge is 2.35. The molecule has 0 spiro atoms. The maximum Gasteiger partial charge on any atom is 0.341 e. The van der Waals surface area contributed by atoms with Gasteiger partial charge in [0, 0.05) is 106 Å². The third-order valence-electron chi connectivity index (χ3n) is 21.3. The molecule has 596 valence electrons. The standard InChI is InChI=1S/C25H27FN6O.C20H24ClN5O.C10H5Cl2N3.C10H6ClN3O.C10H9ClN2O2.C5H2Cl2N2O2/c26-18-11-17(13-27-14-18)21-6-1-16-12-22-23(24(16)31-21)25(29-15-28-22)30-19-2-4-20(5-3-19)32-7-9-33-10-8-32;21-17-6-1-13-11-16-18(19(13)25-17)20(23-12-22-16)24-14-2-4-15(5-3-14)26-7-9-27-10-8-26;11-7-2-1-5-3-6-8(9(5)15-7)10(12)14-4-13-6;11-7-2-1-5-3-6-8(9(5)14-7)10(15)13-4-12-6;1-15-10(14)8-6(12)4-5-2-3-7(11)13-9(5)8;6-4-2-1-3(9(10)11)5(7)8-4/h1,6,11,13-15,19-20H,2-5,7-10,12H2,(H,28,29,30);1,6,12,14-15H,2-5,7-11H2,(H,22,23,24);1-2,4H,3H2;1-2,4H,3H2,(H,12,13,15);2-3H,4,12H2,1H3;1-2H. The first-order valence-electron chi connectivity index (χ1n) is 37.5. The molecule has 0 amide bonds. The highest BCUT2D eigenvalue weighted by atomic mass is 35.5. The molecule has 4 fully saturated rings. The number of hydrogen-bond donors (Lipinski definition) is 4. The fourth-order valence-electron chi connectivity index (χ4n) is 15.7. The van der Waals surface area contributed by atoms with Crippen LogP contribution < -0.4 is 21.9 Å². The molecule has 7 aliphatic carbocycles. The van der Waals surface area contributed by atoms with E-state index in [1.165, 1.54) is 75.4 Å². The quantitative estimate of drug-likeness (QED) is 0.0343. The number of hydrogen-bond acceptors (Lipinski definition) is 26. The molecule has 0 bridgehead atoms. The number of nitrogens with one attached hydrogen (secondary N) is 3. The van der Waals surface area contributed by atoms with Crippen LogP contribution in [0.3, 0.4) is 0 Å². The van der Waals surface area contributed by atoms with Gasteiger partial charge in [-0.2, -0.15) is 0 Å². The summed E-state index contributed by atoms with van der Waals surface area (Å²) in [5.74, 6) is 0.925. The molecular formula is C80H73Cl7FN21O7. The van der Waals surface area contributed by atoms with E-state index in [2.05, 4.69) is 101 Å². The number of nitrogens with zero attached hydrogens (tertiary/aromatic N) is 17. The van der Waals surface area contributed by atoms with Gasteiger partial charge in [-0.15, -0.1) is 0 Å². The average Bonchev–Trinajstić information content (AvgIpc) is 1.62. The zero-order valence-electron chi connectivity index (χ0n) is 62.2. The Kier molecular flexibility index (Phi) is 25.6. The average molecular weight is 1710 g/mol. The number of carbonyl (C=O) groups is 1. The van der Waals surface area contributed by atoms with E-state index >= 15 is 0 Å².